The average molecular weight is 456 g/mol. The first-order chi connectivity index (χ1) is 16.5. The summed E-state index contributed by atoms with van der Waals surface area (Å²) >= 11 is 0. The van der Waals surface area contributed by atoms with Crippen LogP contribution in [-0.2, 0) is 6.54 Å². The maximum absolute atomic E-state index is 11.0. The lowest BCUT2D eigenvalue weighted by atomic mass is 9.99. The van der Waals surface area contributed by atoms with E-state index in [0.29, 0.717) is 34.6 Å². The molecule has 0 aliphatic carbocycles. The Kier molecular flexibility index (Phi) is 5.37. The van der Waals surface area contributed by atoms with E-state index in [4.69, 9.17) is 24.9 Å². The predicted octanol–water partition coefficient (Wildman–Crippen LogP) is 5.22. The maximum Gasteiger partial charge on any atom is 0.203 e. The summed E-state index contributed by atoms with van der Waals surface area (Å²) < 4.78 is 18.0. The normalized spacial score (nSPS) is 11.1. The van der Waals surface area contributed by atoms with Crippen LogP contribution in [0.15, 0.2) is 66.9 Å². The Hall–Kier alpha value is -4.39. The number of nitrogens with zero attached hydrogens (tertiary/aromatic N) is 2. The number of methoxy groups -OCH3 is 3. The average Bonchev–Trinajstić information content (AvgIpc) is 3.18. The van der Waals surface area contributed by atoms with Crippen LogP contribution in [-0.4, -0.2) is 36.0 Å². The number of hydrogen-bond acceptors (Lipinski definition) is 6. The van der Waals surface area contributed by atoms with Crippen LogP contribution in [0.1, 0.15) is 5.56 Å². The summed E-state index contributed by atoms with van der Waals surface area (Å²) in [5.74, 6) is 2.28. The molecule has 0 aliphatic rings. The van der Waals surface area contributed by atoms with Gasteiger partial charge in [-0.25, -0.2) is 4.98 Å². The van der Waals surface area contributed by atoms with Crippen molar-refractivity contribution in [1.29, 1.82) is 0 Å². The molecule has 0 fully saturated rings. The van der Waals surface area contributed by atoms with Gasteiger partial charge in [0.25, 0.3) is 0 Å². The summed E-state index contributed by atoms with van der Waals surface area (Å²) in [5.41, 5.74) is 11.1. The molecule has 2 aromatic heterocycles. The predicted molar refractivity (Wildman–Crippen MR) is 134 cm³/mol. The van der Waals surface area contributed by atoms with Gasteiger partial charge in [-0.3, -0.25) is 0 Å². The van der Waals surface area contributed by atoms with Crippen LogP contribution in [0.25, 0.3) is 32.9 Å². The Morgan fingerprint density at radius 1 is 0.882 bits per heavy atom. The first-order valence-corrected chi connectivity index (χ1v) is 10.8. The molecule has 7 nitrogen and oxygen atoms in total. The number of ether oxygens (including phenoxy) is 3. The highest BCUT2D eigenvalue weighted by Gasteiger charge is 2.19. The molecule has 0 spiro atoms. The first kappa shape index (κ1) is 21.5. The van der Waals surface area contributed by atoms with E-state index in [2.05, 4.69) is 0 Å². The summed E-state index contributed by atoms with van der Waals surface area (Å²) in [4.78, 5) is 4.92. The summed E-state index contributed by atoms with van der Waals surface area (Å²) in [5, 5.41) is 12.3. The van der Waals surface area contributed by atoms with E-state index in [-0.39, 0.29) is 5.88 Å². The van der Waals surface area contributed by atoms with Crippen LogP contribution in [0.2, 0.25) is 0 Å². The molecule has 172 valence electrons. The number of aromatic nitrogens is 2. The van der Waals surface area contributed by atoms with Crippen LogP contribution in [0, 0.1) is 0 Å². The second-order valence-corrected chi connectivity index (χ2v) is 7.98. The number of para-hydroxylation sites is 1. The van der Waals surface area contributed by atoms with Crippen LogP contribution < -0.4 is 19.9 Å². The molecule has 0 amide bonds. The molecule has 0 saturated carbocycles. The van der Waals surface area contributed by atoms with Crippen molar-refractivity contribution >= 4 is 27.5 Å². The van der Waals surface area contributed by atoms with Gasteiger partial charge in [-0.15, -0.1) is 0 Å². The number of fused-ring (bicyclic) bond motifs is 2. The maximum atomic E-state index is 11.0. The molecule has 0 aliphatic heterocycles. The number of nitrogens with two attached hydrogens (primary N) is 1. The standard InChI is InChI=1S/C27H25N3O4/c1-32-17-9-7-16(8-10-17)14-30-15-22-24(27(30)31)25(28)20-6-4-5-19(26(20)29-22)21-13-18(33-2)11-12-23(21)34-3/h4-13,15,31H,14,28H2,1-3H3. The van der Waals surface area contributed by atoms with Crippen molar-refractivity contribution in [3.05, 3.63) is 72.4 Å². The second-order valence-electron chi connectivity index (χ2n) is 7.98. The van der Waals surface area contributed by atoms with Crippen LogP contribution in [0.4, 0.5) is 5.69 Å². The van der Waals surface area contributed by atoms with Crippen molar-refractivity contribution in [2.75, 3.05) is 27.1 Å². The Balaban J connectivity index is 1.68. The number of benzene rings is 3. The van der Waals surface area contributed by atoms with E-state index >= 15 is 0 Å². The van der Waals surface area contributed by atoms with E-state index in [9.17, 15) is 5.11 Å². The van der Waals surface area contributed by atoms with Gasteiger partial charge >= 0.3 is 0 Å². The lowest BCUT2D eigenvalue weighted by Crippen LogP contribution is -1.97. The second kappa shape index (κ2) is 8.51. The number of anilines is 1. The smallest absolute Gasteiger partial charge is 0.203 e. The fourth-order valence-electron chi connectivity index (χ4n) is 4.30. The van der Waals surface area contributed by atoms with Crippen molar-refractivity contribution in [3.63, 3.8) is 0 Å². The molecule has 0 saturated heterocycles. The van der Waals surface area contributed by atoms with Gasteiger partial charge in [-0.05, 0) is 35.9 Å². The van der Waals surface area contributed by atoms with Crippen LogP contribution >= 0.6 is 0 Å². The SMILES string of the molecule is COc1ccc(Cn2cc3nc4c(-c5cc(OC)ccc5OC)cccc4c(N)c3c2O)cc1. The van der Waals surface area contributed by atoms with Gasteiger partial charge in [-0.1, -0.05) is 30.3 Å². The first-order valence-electron chi connectivity index (χ1n) is 10.8. The number of hydrogen-bond donors (Lipinski definition) is 2. The van der Waals surface area contributed by atoms with Crippen molar-refractivity contribution in [1.82, 2.24) is 9.55 Å². The van der Waals surface area contributed by atoms with Gasteiger partial charge in [0.2, 0.25) is 5.88 Å². The molecule has 5 aromatic rings. The third-order valence-electron chi connectivity index (χ3n) is 6.07. The van der Waals surface area contributed by atoms with E-state index in [0.717, 1.165) is 33.3 Å². The molecule has 5 rings (SSSR count). The fourth-order valence-corrected chi connectivity index (χ4v) is 4.30. The Morgan fingerprint density at radius 2 is 1.62 bits per heavy atom. The molecule has 0 unspecified atom stereocenters. The molecule has 34 heavy (non-hydrogen) atoms. The molecule has 0 radical (unpaired) electrons. The summed E-state index contributed by atoms with van der Waals surface area (Å²) in [6.07, 6.45) is 1.82. The van der Waals surface area contributed by atoms with E-state index in [1.54, 1.807) is 25.9 Å². The quantitative estimate of drug-likeness (QED) is 0.365. The molecule has 3 N–H and O–H groups in total. The molecule has 0 atom stereocenters. The highest BCUT2D eigenvalue weighted by Crippen LogP contribution is 2.41. The summed E-state index contributed by atoms with van der Waals surface area (Å²) in [7, 11) is 4.89. The van der Waals surface area contributed by atoms with Gasteiger partial charge in [0, 0.05) is 22.7 Å². The number of aromatic hydroxyl groups is 1. The summed E-state index contributed by atoms with van der Waals surface area (Å²) in [6, 6.07) is 19.2. The largest absolute Gasteiger partial charge is 0.497 e. The minimum atomic E-state index is 0.0853. The third kappa shape index (κ3) is 3.51. The fraction of sp³-hybridized carbons (Fsp3) is 0.148. The Bertz CT molecular complexity index is 1510. The van der Waals surface area contributed by atoms with Gasteiger partial charge in [0.1, 0.15) is 17.2 Å². The molecular weight excluding hydrogens is 430 g/mol. The summed E-state index contributed by atoms with van der Waals surface area (Å²) in [6.45, 7) is 0.471. The lowest BCUT2D eigenvalue weighted by Gasteiger charge is -2.13. The number of nitrogen functional groups attached to an aromatic ring is 1. The van der Waals surface area contributed by atoms with Crippen molar-refractivity contribution in [2.45, 2.75) is 6.54 Å². The third-order valence-corrected chi connectivity index (χ3v) is 6.07. The van der Waals surface area contributed by atoms with E-state index < -0.39 is 0 Å². The van der Waals surface area contributed by atoms with Crippen LogP contribution in [0.3, 0.4) is 0 Å². The van der Waals surface area contributed by atoms with Crippen molar-refractivity contribution in [2.24, 2.45) is 0 Å². The van der Waals surface area contributed by atoms with Gasteiger partial charge in [0.05, 0.1) is 50.0 Å². The molecule has 7 heteroatoms. The minimum absolute atomic E-state index is 0.0853. The Morgan fingerprint density at radius 3 is 2.32 bits per heavy atom. The minimum Gasteiger partial charge on any atom is -0.497 e. The molecule has 2 heterocycles. The molecule has 0 bridgehead atoms. The highest BCUT2D eigenvalue weighted by atomic mass is 16.5. The number of pyridine rings is 1. The highest BCUT2D eigenvalue weighted by molar-refractivity contribution is 6.12. The monoisotopic (exact) mass is 455 g/mol. The van der Waals surface area contributed by atoms with Crippen molar-refractivity contribution in [3.8, 4) is 34.3 Å². The zero-order chi connectivity index (χ0) is 23.8. The Labute approximate surface area is 196 Å². The van der Waals surface area contributed by atoms with Gasteiger partial charge < -0.3 is 29.6 Å². The van der Waals surface area contributed by atoms with E-state index in [1.165, 1.54) is 0 Å². The zero-order valence-electron chi connectivity index (χ0n) is 19.2. The lowest BCUT2D eigenvalue weighted by molar-refractivity contribution is 0.404. The van der Waals surface area contributed by atoms with Gasteiger partial charge in [0.15, 0.2) is 0 Å². The number of rotatable bonds is 6. The van der Waals surface area contributed by atoms with Gasteiger partial charge in [-0.2, -0.15) is 0 Å². The van der Waals surface area contributed by atoms with Crippen molar-refractivity contribution < 1.29 is 19.3 Å². The van der Waals surface area contributed by atoms with Crippen LogP contribution in [0.5, 0.6) is 23.1 Å². The molecule has 3 aromatic carbocycles. The zero-order valence-corrected chi connectivity index (χ0v) is 19.2. The van der Waals surface area contributed by atoms with E-state index in [1.807, 2.05) is 66.9 Å². The molecular formula is C27H25N3O4. The topological polar surface area (TPSA) is 91.8 Å².